The van der Waals surface area contributed by atoms with Crippen molar-refractivity contribution in [3.63, 3.8) is 0 Å². The van der Waals surface area contributed by atoms with Gasteiger partial charge in [0.05, 0.1) is 6.04 Å². The number of hydrogen-bond donors (Lipinski definition) is 1. The van der Waals surface area contributed by atoms with Gasteiger partial charge in [-0.1, -0.05) is 12.1 Å². The SMILES string of the molecule is CC(NC(=O)N1CCC(c2cccc(F)c2)C1)c1nncn1C. The van der Waals surface area contributed by atoms with E-state index in [1.807, 2.05) is 20.0 Å². The number of rotatable bonds is 3. The molecule has 6 nitrogen and oxygen atoms in total. The van der Waals surface area contributed by atoms with E-state index in [2.05, 4.69) is 15.5 Å². The van der Waals surface area contributed by atoms with Crippen molar-refractivity contribution in [2.45, 2.75) is 25.3 Å². The Morgan fingerprint density at radius 1 is 1.48 bits per heavy atom. The van der Waals surface area contributed by atoms with E-state index in [0.717, 1.165) is 12.0 Å². The highest BCUT2D eigenvalue weighted by molar-refractivity contribution is 5.75. The van der Waals surface area contributed by atoms with Crippen LogP contribution in [0.5, 0.6) is 0 Å². The van der Waals surface area contributed by atoms with Crippen LogP contribution in [0, 0.1) is 5.82 Å². The second-order valence-electron chi connectivity index (χ2n) is 5.96. The van der Waals surface area contributed by atoms with Crippen LogP contribution in [0.15, 0.2) is 30.6 Å². The number of aryl methyl sites for hydroxylation is 1. The number of hydrogen-bond acceptors (Lipinski definition) is 3. The minimum atomic E-state index is -0.235. The maximum Gasteiger partial charge on any atom is 0.317 e. The summed E-state index contributed by atoms with van der Waals surface area (Å²) < 4.78 is 15.1. The summed E-state index contributed by atoms with van der Waals surface area (Å²) in [6.07, 6.45) is 2.45. The minimum absolute atomic E-state index is 0.126. The Balaban J connectivity index is 1.60. The van der Waals surface area contributed by atoms with Crippen LogP contribution in [0.4, 0.5) is 9.18 Å². The van der Waals surface area contributed by atoms with Gasteiger partial charge in [-0.3, -0.25) is 0 Å². The molecular weight excluding hydrogens is 297 g/mol. The Labute approximate surface area is 134 Å². The first-order valence-corrected chi connectivity index (χ1v) is 7.69. The number of likely N-dealkylation sites (tertiary alicyclic amines) is 1. The molecule has 1 saturated heterocycles. The molecule has 1 aliphatic rings. The van der Waals surface area contributed by atoms with E-state index in [0.29, 0.717) is 18.9 Å². The lowest BCUT2D eigenvalue weighted by Crippen LogP contribution is -2.40. The number of urea groups is 1. The van der Waals surface area contributed by atoms with E-state index in [9.17, 15) is 9.18 Å². The minimum Gasteiger partial charge on any atom is -0.328 e. The molecule has 0 aliphatic carbocycles. The van der Waals surface area contributed by atoms with Gasteiger partial charge in [-0.2, -0.15) is 0 Å². The summed E-state index contributed by atoms with van der Waals surface area (Å²) in [5, 5.41) is 10.8. The zero-order chi connectivity index (χ0) is 16.4. The molecule has 1 N–H and O–H groups in total. The van der Waals surface area contributed by atoms with E-state index < -0.39 is 0 Å². The first kappa shape index (κ1) is 15.5. The summed E-state index contributed by atoms with van der Waals surface area (Å²) in [5.74, 6) is 0.655. The quantitative estimate of drug-likeness (QED) is 0.944. The number of nitrogens with one attached hydrogen (secondary N) is 1. The van der Waals surface area contributed by atoms with Crippen molar-refractivity contribution in [2.75, 3.05) is 13.1 Å². The van der Waals surface area contributed by atoms with Gasteiger partial charge in [0, 0.05) is 26.1 Å². The summed E-state index contributed by atoms with van der Waals surface area (Å²) in [4.78, 5) is 14.2. The van der Waals surface area contributed by atoms with E-state index in [-0.39, 0.29) is 23.8 Å². The summed E-state index contributed by atoms with van der Waals surface area (Å²) in [6.45, 7) is 3.14. The molecule has 0 saturated carbocycles. The molecular formula is C16H20FN5O. The fourth-order valence-corrected chi connectivity index (χ4v) is 3.00. The zero-order valence-corrected chi connectivity index (χ0v) is 13.2. The van der Waals surface area contributed by atoms with Crippen molar-refractivity contribution < 1.29 is 9.18 Å². The van der Waals surface area contributed by atoms with Gasteiger partial charge < -0.3 is 14.8 Å². The van der Waals surface area contributed by atoms with E-state index in [4.69, 9.17) is 0 Å². The standard InChI is InChI=1S/C16H20FN5O/c1-11(15-20-18-10-21(15)2)19-16(23)22-7-6-13(9-22)12-4-3-5-14(17)8-12/h3-5,8,10-11,13H,6-7,9H2,1-2H3,(H,19,23). The maximum absolute atomic E-state index is 13.3. The molecule has 1 fully saturated rings. The van der Waals surface area contributed by atoms with Crippen LogP contribution < -0.4 is 5.32 Å². The topological polar surface area (TPSA) is 63.1 Å². The first-order chi connectivity index (χ1) is 11.0. The van der Waals surface area contributed by atoms with Crippen molar-refractivity contribution >= 4 is 6.03 Å². The average molecular weight is 317 g/mol. The molecule has 122 valence electrons. The Bertz CT molecular complexity index is 701. The third kappa shape index (κ3) is 3.33. The molecule has 2 heterocycles. The molecule has 2 atom stereocenters. The molecule has 0 bridgehead atoms. The third-order valence-corrected chi connectivity index (χ3v) is 4.27. The number of halogens is 1. The molecule has 2 unspecified atom stereocenters. The molecule has 0 radical (unpaired) electrons. The van der Waals surface area contributed by atoms with Gasteiger partial charge in [0.1, 0.15) is 12.1 Å². The zero-order valence-electron chi connectivity index (χ0n) is 13.2. The van der Waals surface area contributed by atoms with Crippen molar-refractivity contribution in [2.24, 2.45) is 7.05 Å². The van der Waals surface area contributed by atoms with Gasteiger partial charge in [-0.05, 0) is 31.0 Å². The Morgan fingerprint density at radius 3 is 3.00 bits per heavy atom. The van der Waals surface area contributed by atoms with Gasteiger partial charge in [-0.25, -0.2) is 9.18 Å². The summed E-state index contributed by atoms with van der Waals surface area (Å²) in [6, 6.07) is 6.27. The van der Waals surface area contributed by atoms with Crippen molar-refractivity contribution in [1.82, 2.24) is 25.0 Å². The summed E-state index contributed by atoms with van der Waals surface area (Å²) >= 11 is 0. The van der Waals surface area contributed by atoms with Crippen molar-refractivity contribution in [1.29, 1.82) is 0 Å². The van der Waals surface area contributed by atoms with E-state index >= 15 is 0 Å². The van der Waals surface area contributed by atoms with Gasteiger partial charge in [-0.15, -0.1) is 10.2 Å². The smallest absolute Gasteiger partial charge is 0.317 e. The van der Waals surface area contributed by atoms with Crippen LogP contribution in [0.1, 0.15) is 36.7 Å². The van der Waals surface area contributed by atoms with Gasteiger partial charge in [0.15, 0.2) is 5.82 Å². The van der Waals surface area contributed by atoms with Gasteiger partial charge in [0.2, 0.25) is 0 Å². The first-order valence-electron chi connectivity index (χ1n) is 7.69. The average Bonchev–Trinajstić information content (AvgIpc) is 3.16. The fourth-order valence-electron chi connectivity index (χ4n) is 3.00. The third-order valence-electron chi connectivity index (χ3n) is 4.27. The number of aromatic nitrogens is 3. The highest BCUT2D eigenvalue weighted by atomic mass is 19.1. The number of amides is 2. The molecule has 23 heavy (non-hydrogen) atoms. The lowest BCUT2D eigenvalue weighted by molar-refractivity contribution is 0.204. The van der Waals surface area contributed by atoms with Crippen LogP contribution in [0.25, 0.3) is 0 Å². The molecule has 7 heteroatoms. The largest absolute Gasteiger partial charge is 0.328 e. The molecule has 0 spiro atoms. The van der Waals surface area contributed by atoms with Crippen LogP contribution >= 0.6 is 0 Å². The predicted octanol–water partition coefficient (Wildman–Crippen LogP) is 2.21. The molecule has 1 aliphatic heterocycles. The number of benzene rings is 1. The van der Waals surface area contributed by atoms with Crippen LogP contribution in [-0.2, 0) is 7.05 Å². The number of carbonyl (C=O) groups excluding carboxylic acids is 1. The maximum atomic E-state index is 13.3. The van der Waals surface area contributed by atoms with E-state index in [1.165, 1.54) is 6.07 Å². The van der Waals surface area contributed by atoms with Crippen molar-refractivity contribution in [3.8, 4) is 0 Å². The highest BCUT2D eigenvalue weighted by Crippen LogP contribution is 2.27. The number of nitrogens with zero attached hydrogens (tertiary/aromatic N) is 4. The van der Waals surface area contributed by atoms with Crippen LogP contribution in [0.2, 0.25) is 0 Å². The molecule has 1 aromatic carbocycles. The Kier molecular flexibility index (Phi) is 4.27. The van der Waals surface area contributed by atoms with Crippen molar-refractivity contribution in [3.05, 3.63) is 47.8 Å². The normalized spacial score (nSPS) is 18.9. The highest BCUT2D eigenvalue weighted by Gasteiger charge is 2.28. The molecule has 1 aromatic heterocycles. The van der Waals surface area contributed by atoms with Gasteiger partial charge in [0.25, 0.3) is 0 Å². The lowest BCUT2D eigenvalue weighted by Gasteiger charge is -2.20. The fraction of sp³-hybridized carbons (Fsp3) is 0.438. The molecule has 2 amide bonds. The molecule has 3 rings (SSSR count). The van der Waals surface area contributed by atoms with Gasteiger partial charge >= 0.3 is 6.03 Å². The summed E-state index contributed by atoms with van der Waals surface area (Å²) in [7, 11) is 1.84. The Hall–Kier alpha value is -2.44. The lowest BCUT2D eigenvalue weighted by atomic mass is 9.98. The van der Waals surface area contributed by atoms with E-state index in [1.54, 1.807) is 27.9 Å². The summed E-state index contributed by atoms with van der Waals surface area (Å²) in [5.41, 5.74) is 0.946. The Morgan fingerprint density at radius 2 is 2.30 bits per heavy atom. The van der Waals surface area contributed by atoms with Crippen LogP contribution in [-0.4, -0.2) is 38.8 Å². The monoisotopic (exact) mass is 317 g/mol. The second kappa shape index (κ2) is 6.36. The number of carbonyl (C=O) groups is 1. The van der Waals surface area contributed by atoms with Crippen LogP contribution in [0.3, 0.4) is 0 Å². The predicted molar refractivity (Wildman–Crippen MR) is 83.3 cm³/mol. The second-order valence-corrected chi connectivity index (χ2v) is 5.96. The molecule has 2 aromatic rings.